The number of methoxy groups -OCH3 is 5. The molecule has 25 heteroatoms. The quantitative estimate of drug-likeness (QED) is 0.0232. The minimum Gasteiger partial charge on any atom is -0.496 e. The van der Waals surface area contributed by atoms with E-state index in [4.69, 9.17) is 52.4 Å². The maximum atomic E-state index is 14.2. The molecule has 0 bridgehead atoms. The molecule has 4 aromatic carbocycles. The van der Waals surface area contributed by atoms with Crippen LogP contribution in [0, 0.1) is 0 Å². The summed E-state index contributed by atoms with van der Waals surface area (Å²) in [6, 6.07) is 13.4. The Hall–Kier alpha value is -8.36. The van der Waals surface area contributed by atoms with E-state index in [0.29, 0.717) is 84.0 Å². The van der Waals surface area contributed by atoms with Gasteiger partial charge in [-0.3, -0.25) is 33.6 Å². The number of carbonyl (C=O) groups is 8. The van der Waals surface area contributed by atoms with Gasteiger partial charge >= 0.3 is 5.97 Å². The van der Waals surface area contributed by atoms with Crippen LogP contribution in [0.25, 0.3) is 0 Å². The van der Waals surface area contributed by atoms with E-state index in [1.807, 2.05) is 0 Å². The van der Waals surface area contributed by atoms with Crippen molar-refractivity contribution in [2.24, 2.45) is 28.7 Å². The van der Waals surface area contributed by atoms with E-state index >= 15 is 0 Å². The van der Waals surface area contributed by atoms with E-state index < -0.39 is 71.5 Å². The summed E-state index contributed by atoms with van der Waals surface area (Å²) < 4.78 is 26.6. The minimum absolute atomic E-state index is 0.0327. The van der Waals surface area contributed by atoms with Crippen LogP contribution in [0.2, 0.25) is 0 Å². The fourth-order valence-corrected chi connectivity index (χ4v) is 8.50. The van der Waals surface area contributed by atoms with Crippen molar-refractivity contribution < 1.29 is 62.0 Å². The number of anilines is 4. The molecule has 0 fully saturated rings. The first-order chi connectivity index (χ1) is 39.5. The van der Waals surface area contributed by atoms with Crippen LogP contribution in [0.3, 0.4) is 0 Å². The van der Waals surface area contributed by atoms with Crippen LogP contribution in [-0.4, -0.2) is 133 Å². The third-order valence-corrected chi connectivity index (χ3v) is 13.0. The Morgan fingerprint density at radius 3 is 0.927 bits per heavy atom. The molecule has 0 heterocycles. The zero-order valence-electron chi connectivity index (χ0n) is 47.2. The molecule has 0 saturated heterocycles. The predicted molar refractivity (Wildman–Crippen MR) is 311 cm³/mol. The summed E-state index contributed by atoms with van der Waals surface area (Å²) in [6.45, 7) is 1.46. The van der Waals surface area contributed by atoms with Crippen molar-refractivity contribution in [3.63, 3.8) is 0 Å². The topological polar surface area (TPSA) is 397 Å². The Morgan fingerprint density at radius 2 is 0.646 bits per heavy atom. The molecule has 82 heavy (non-hydrogen) atoms. The molecule has 0 unspecified atom stereocenters. The second-order valence-corrected chi connectivity index (χ2v) is 18.9. The second kappa shape index (κ2) is 34.7. The maximum Gasteiger partial charge on any atom is 0.341 e. The van der Waals surface area contributed by atoms with Gasteiger partial charge in [0.2, 0.25) is 23.6 Å². The van der Waals surface area contributed by atoms with Crippen LogP contribution >= 0.6 is 0 Å². The Kier molecular flexibility index (Phi) is 28.0. The van der Waals surface area contributed by atoms with E-state index in [1.54, 1.807) is 6.07 Å². The smallest absolute Gasteiger partial charge is 0.341 e. The Balaban J connectivity index is 1.55. The molecule has 4 rings (SSSR count). The monoisotopic (exact) mass is 1140 g/mol. The number of carbonyl (C=O) groups excluding carboxylic acids is 8. The van der Waals surface area contributed by atoms with Gasteiger partial charge < -0.3 is 89.6 Å². The molecule has 4 atom stereocenters. The van der Waals surface area contributed by atoms with Crippen molar-refractivity contribution in [2.45, 2.75) is 101 Å². The third kappa shape index (κ3) is 20.0. The van der Waals surface area contributed by atoms with E-state index in [1.165, 1.54) is 102 Å². The van der Waals surface area contributed by atoms with Crippen molar-refractivity contribution in [1.29, 1.82) is 0 Å². The number of unbranched alkanes of at least 4 members (excludes halogenated alkanes) is 4. The molecular formula is C57H80N12O13. The van der Waals surface area contributed by atoms with Gasteiger partial charge in [-0.15, -0.1) is 0 Å². The van der Waals surface area contributed by atoms with E-state index in [9.17, 15) is 38.4 Å². The summed E-state index contributed by atoms with van der Waals surface area (Å²) >= 11 is 0. The third-order valence-electron chi connectivity index (χ3n) is 13.0. The Bertz CT molecular complexity index is 2820. The maximum absolute atomic E-state index is 14.2. The van der Waals surface area contributed by atoms with Gasteiger partial charge in [-0.1, -0.05) is 6.42 Å². The highest BCUT2D eigenvalue weighted by atomic mass is 16.5. The number of amides is 7. The van der Waals surface area contributed by atoms with Crippen molar-refractivity contribution in [3.8, 4) is 23.0 Å². The van der Waals surface area contributed by atoms with E-state index in [0.717, 1.165) is 0 Å². The largest absolute Gasteiger partial charge is 0.496 e. The zero-order chi connectivity index (χ0) is 60.1. The van der Waals surface area contributed by atoms with Crippen molar-refractivity contribution in [1.82, 2.24) is 16.0 Å². The fourth-order valence-electron chi connectivity index (χ4n) is 8.50. The number of rotatable bonds is 35. The molecule has 0 aliphatic heterocycles. The lowest BCUT2D eigenvalue weighted by atomic mass is 10.1. The molecular weight excluding hydrogens is 1060 g/mol. The van der Waals surface area contributed by atoms with E-state index in [-0.39, 0.29) is 87.3 Å². The lowest BCUT2D eigenvalue weighted by Crippen LogP contribution is -2.44. The molecule has 446 valence electrons. The predicted octanol–water partition coefficient (Wildman–Crippen LogP) is 3.50. The van der Waals surface area contributed by atoms with Crippen LogP contribution < -0.4 is 84.8 Å². The normalized spacial score (nSPS) is 12.3. The first-order valence-electron chi connectivity index (χ1n) is 27.0. The molecule has 7 amide bonds. The van der Waals surface area contributed by atoms with Crippen LogP contribution in [0.15, 0.2) is 72.8 Å². The Morgan fingerprint density at radius 1 is 0.378 bits per heavy atom. The first kappa shape index (κ1) is 66.2. The number of hydrogen-bond donors (Lipinski definition) is 12. The Labute approximate surface area is 477 Å². The summed E-state index contributed by atoms with van der Waals surface area (Å²) in [5.74, 6) is -4.53. The first-order valence-corrected chi connectivity index (χ1v) is 27.0. The van der Waals surface area contributed by atoms with Gasteiger partial charge in [-0.2, -0.15) is 0 Å². The highest BCUT2D eigenvalue weighted by Crippen LogP contribution is 2.28. The standard InChI is InChI=1S/C57H80N12O13/c1-78-46-22-18-34(63-53(73)42(62)14-6-10-26-58)30-38(46)50(70)67-43(15-7-11-27-59)54(74)64-35-19-23-47(79-2)39(31-35)51(71)68-44(16-8-12-28-60)55(75)65-36-20-24-48(80-3)40(32-36)52(72)69-45(17-9-13-29-61)56(76)66-37-21-25-49(81-4)41(33-37)57(77)82-5/h18-25,30-33,42-45H,6-17,26-29,58-62H2,1-5H3,(H,63,73)(H,64,74)(H,65,75)(H,66,76)(H,67,70)(H,68,71)(H,69,72)/t42-,43-,44-,45-/m0/s1. The van der Waals surface area contributed by atoms with Gasteiger partial charge in [0.15, 0.2) is 0 Å². The molecule has 25 nitrogen and oxygen atoms in total. The SMILES string of the molecule is COC(=O)c1cc(NC(=O)[C@H](CCCCN)NC(=O)c2cc(NC(=O)[C@H](CCCCN)NC(=O)c3cc(NC(=O)[C@H](CCCCN)NC(=O)c4cc(NC(=O)[C@@H](N)CCCCN)ccc4OC)ccc3OC)ccc2OC)ccc1OC. The summed E-state index contributed by atoms with van der Waals surface area (Å²) in [5.41, 5.74) is 29.8. The zero-order valence-corrected chi connectivity index (χ0v) is 47.2. The highest BCUT2D eigenvalue weighted by molar-refractivity contribution is 6.07. The molecule has 4 aromatic rings. The molecule has 17 N–H and O–H groups in total. The number of esters is 1. The van der Waals surface area contributed by atoms with Crippen molar-refractivity contribution in [2.75, 3.05) is 83.0 Å². The molecule has 0 radical (unpaired) electrons. The number of nitrogens with two attached hydrogens (primary N) is 5. The fraction of sp³-hybridized carbons (Fsp3) is 0.439. The van der Waals surface area contributed by atoms with Gasteiger partial charge in [0.1, 0.15) is 46.7 Å². The second-order valence-electron chi connectivity index (χ2n) is 18.9. The molecule has 0 aliphatic carbocycles. The van der Waals surface area contributed by atoms with Crippen molar-refractivity contribution in [3.05, 3.63) is 95.1 Å². The number of hydrogen-bond acceptors (Lipinski definition) is 18. The average Bonchev–Trinajstić information content (AvgIpc) is 3.69. The number of nitrogens with one attached hydrogen (secondary N) is 7. The number of benzene rings is 4. The van der Waals surface area contributed by atoms with Gasteiger partial charge in [0.25, 0.3) is 17.7 Å². The van der Waals surface area contributed by atoms with Crippen LogP contribution in [0.4, 0.5) is 22.7 Å². The van der Waals surface area contributed by atoms with Crippen LogP contribution in [0.5, 0.6) is 23.0 Å². The lowest BCUT2D eigenvalue weighted by Gasteiger charge is -2.22. The molecule has 0 spiro atoms. The summed E-state index contributed by atoms with van der Waals surface area (Å²) in [7, 11) is 6.67. The molecule has 0 aliphatic rings. The summed E-state index contributed by atoms with van der Waals surface area (Å²) in [6.07, 6.45) is 5.28. The number of ether oxygens (including phenoxy) is 5. The van der Waals surface area contributed by atoms with Gasteiger partial charge in [-0.05, 0) is 170 Å². The average molecular weight is 1140 g/mol. The van der Waals surface area contributed by atoms with Crippen LogP contribution in [-0.2, 0) is 23.9 Å². The highest BCUT2D eigenvalue weighted by Gasteiger charge is 2.29. The van der Waals surface area contributed by atoms with Gasteiger partial charge in [0, 0.05) is 22.7 Å². The van der Waals surface area contributed by atoms with E-state index in [2.05, 4.69) is 37.2 Å². The summed E-state index contributed by atoms with van der Waals surface area (Å²) in [4.78, 5) is 110. The van der Waals surface area contributed by atoms with Crippen LogP contribution in [0.1, 0.15) is 118 Å². The van der Waals surface area contributed by atoms with Gasteiger partial charge in [0.05, 0.1) is 58.3 Å². The van der Waals surface area contributed by atoms with Crippen molar-refractivity contribution >= 4 is 70.1 Å². The lowest BCUT2D eigenvalue weighted by molar-refractivity contribution is -0.118. The molecule has 0 saturated carbocycles. The minimum atomic E-state index is -1.17. The molecule has 0 aromatic heterocycles. The summed E-state index contributed by atoms with van der Waals surface area (Å²) in [5, 5.41) is 19.4. The van der Waals surface area contributed by atoms with Gasteiger partial charge in [-0.25, -0.2) is 4.79 Å².